The summed E-state index contributed by atoms with van der Waals surface area (Å²) in [6.07, 6.45) is 0.465. The Morgan fingerprint density at radius 1 is 1.05 bits per heavy atom. The maximum atomic E-state index is 11.9. The van der Waals surface area contributed by atoms with Crippen molar-refractivity contribution >= 4 is 11.6 Å². The van der Waals surface area contributed by atoms with Gasteiger partial charge in [-0.3, -0.25) is 4.79 Å². The van der Waals surface area contributed by atoms with Gasteiger partial charge in [-0.15, -0.1) is 0 Å². The summed E-state index contributed by atoms with van der Waals surface area (Å²) in [5.74, 6) is 0.461. The van der Waals surface area contributed by atoms with Gasteiger partial charge >= 0.3 is 0 Å². The number of hydrogen-bond acceptors (Lipinski definition) is 3. The second-order valence-electron chi connectivity index (χ2n) is 4.61. The Balaban J connectivity index is 1.99. The molecule has 0 bridgehead atoms. The van der Waals surface area contributed by atoms with Crippen LogP contribution in [0, 0.1) is 0 Å². The van der Waals surface area contributed by atoms with E-state index < -0.39 is 0 Å². The number of H-pyrrole nitrogens is 1. The third-order valence-corrected chi connectivity index (χ3v) is 3.30. The van der Waals surface area contributed by atoms with Gasteiger partial charge in [0.15, 0.2) is 5.82 Å². The van der Waals surface area contributed by atoms with Gasteiger partial charge in [0.2, 0.25) is 0 Å². The van der Waals surface area contributed by atoms with Gasteiger partial charge in [0.05, 0.1) is 0 Å². The molecule has 0 aliphatic rings. The Morgan fingerprint density at radius 3 is 2.62 bits per heavy atom. The van der Waals surface area contributed by atoms with E-state index in [2.05, 4.69) is 15.2 Å². The Kier molecular flexibility index (Phi) is 3.79. The average molecular weight is 298 g/mol. The fourth-order valence-corrected chi connectivity index (χ4v) is 2.23. The Labute approximate surface area is 126 Å². The van der Waals surface area contributed by atoms with E-state index in [1.807, 2.05) is 42.5 Å². The van der Waals surface area contributed by atoms with E-state index in [1.54, 1.807) is 12.1 Å². The summed E-state index contributed by atoms with van der Waals surface area (Å²) in [6, 6.07) is 16.9. The third-order valence-electron chi connectivity index (χ3n) is 3.06. The molecule has 0 saturated heterocycles. The SMILES string of the molecule is O=c1[nH]nc(-c2cccc(Cl)c2)nc1Cc1ccccc1. The molecule has 1 N–H and O–H groups in total. The maximum absolute atomic E-state index is 11.9. The predicted molar refractivity (Wildman–Crippen MR) is 82.3 cm³/mol. The molecule has 0 aliphatic heterocycles. The van der Waals surface area contributed by atoms with Crippen LogP contribution in [0.15, 0.2) is 59.4 Å². The molecule has 0 radical (unpaired) electrons. The Hall–Kier alpha value is -2.46. The van der Waals surface area contributed by atoms with Crippen molar-refractivity contribution in [1.29, 1.82) is 0 Å². The molecule has 0 spiro atoms. The highest BCUT2D eigenvalue weighted by Gasteiger charge is 2.08. The zero-order valence-corrected chi connectivity index (χ0v) is 11.8. The molecule has 0 saturated carbocycles. The van der Waals surface area contributed by atoms with Crippen LogP contribution in [0.25, 0.3) is 11.4 Å². The van der Waals surface area contributed by atoms with Gasteiger partial charge < -0.3 is 0 Å². The van der Waals surface area contributed by atoms with Crippen LogP contribution in [0.3, 0.4) is 0 Å². The van der Waals surface area contributed by atoms with E-state index in [9.17, 15) is 4.79 Å². The van der Waals surface area contributed by atoms with Crippen molar-refractivity contribution in [1.82, 2.24) is 15.2 Å². The Morgan fingerprint density at radius 2 is 1.86 bits per heavy atom. The van der Waals surface area contributed by atoms with E-state index in [-0.39, 0.29) is 5.56 Å². The van der Waals surface area contributed by atoms with E-state index >= 15 is 0 Å². The first-order chi connectivity index (χ1) is 10.2. The minimum absolute atomic E-state index is 0.273. The summed E-state index contributed by atoms with van der Waals surface area (Å²) in [5, 5.41) is 7.08. The maximum Gasteiger partial charge on any atom is 0.286 e. The molecule has 3 rings (SSSR count). The standard InChI is InChI=1S/C16H12ClN3O/c17-13-8-4-7-12(10-13)15-18-14(16(21)20-19-15)9-11-5-2-1-3-6-11/h1-8,10H,9H2,(H,20,21). The number of halogens is 1. The van der Waals surface area contributed by atoms with Gasteiger partial charge in [-0.25, -0.2) is 10.1 Å². The van der Waals surface area contributed by atoms with Crippen LogP contribution in [-0.2, 0) is 6.42 Å². The lowest BCUT2D eigenvalue weighted by atomic mass is 10.1. The molecular weight excluding hydrogens is 286 g/mol. The molecule has 104 valence electrons. The molecule has 0 aliphatic carbocycles. The van der Waals surface area contributed by atoms with Gasteiger partial charge in [-0.05, 0) is 17.7 Å². The van der Waals surface area contributed by atoms with Crippen molar-refractivity contribution in [2.24, 2.45) is 0 Å². The van der Waals surface area contributed by atoms with E-state index in [4.69, 9.17) is 11.6 Å². The van der Waals surface area contributed by atoms with Gasteiger partial charge in [0.1, 0.15) is 5.69 Å². The fraction of sp³-hybridized carbons (Fsp3) is 0.0625. The molecule has 0 unspecified atom stereocenters. The molecule has 1 aromatic heterocycles. The summed E-state index contributed by atoms with van der Waals surface area (Å²) in [5.41, 5.74) is 1.96. The number of nitrogens with one attached hydrogen (secondary N) is 1. The molecule has 0 atom stereocenters. The van der Waals surface area contributed by atoms with Crippen LogP contribution < -0.4 is 5.56 Å². The molecule has 21 heavy (non-hydrogen) atoms. The minimum Gasteiger partial charge on any atom is -0.266 e. The molecule has 5 heteroatoms. The highest BCUT2D eigenvalue weighted by molar-refractivity contribution is 6.30. The molecule has 4 nitrogen and oxygen atoms in total. The highest BCUT2D eigenvalue weighted by Crippen LogP contribution is 2.18. The molecule has 3 aromatic rings. The molecule has 1 heterocycles. The largest absolute Gasteiger partial charge is 0.286 e. The van der Waals surface area contributed by atoms with E-state index in [1.165, 1.54) is 0 Å². The summed E-state index contributed by atoms with van der Waals surface area (Å²) in [4.78, 5) is 16.2. The topological polar surface area (TPSA) is 58.6 Å². The Bertz CT molecular complexity index is 815. The number of hydrogen-bond donors (Lipinski definition) is 1. The number of nitrogens with zero attached hydrogens (tertiary/aromatic N) is 2. The quantitative estimate of drug-likeness (QED) is 0.808. The van der Waals surface area contributed by atoms with Crippen molar-refractivity contribution in [3.63, 3.8) is 0 Å². The average Bonchev–Trinajstić information content (AvgIpc) is 2.50. The second-order valence-corrected chi connectivity index (χ2v) is 5.04. The first-order valence-corrected chi connectivity index (χ1v) is 6.85. The van der Waals surface area contributed by atoms with E-state index in [0.717, 1.165) is 11.1 Å². The number of aromatic amines is 1. The highest BCUT2D eigenvalue weighted by atomic mass is 35.5. The van der Waals surface area contributed by atoms with Gasteiger partial charge in [0, 0.05) is 17.0 Å². The smallest absolute Gasteiger partial charge is 0.266 e. The van der Waals surface area contributed by atoms with Crippen LogP contribution in [-0.4, -0.2) is 15.2 Å². The first kappa shape index (κ1) is 13.5. The summed E-state index contributed by atoms with van der Waals surface area (Å²) >= 11 is 5.97. The zero-order chi connectivity index (χ0) is 14.7. The van der Waals surface area contributed by atoms with Crippen LogP contribution in [0.2, 0.25) is 5.02 Å². The van der Waals surface area contributed by atoms with Gasteiger partial charge in [-0.1, -0.05) is 54.1 Å². The van der Waals surface area contributed by atoms with Crippen LogP contribution in [0.1, 0.15) is 11.3 Å². The lowest BCUT2D eigenvalue weighted by molar-refractivity contribution is 0.883. The zero-order valence-electron chi connectivity index (χ0n) is 11.1. The normalized spacial score (nSPS) is 10.5. The summed E-state index contributed by atoms with van der Waals surface area (Å²) in [6.45, 7) is 0. The molecule has 2 aromatic carbocycles. The first-order valence-electron chi connectivity index (χ1n) is 6.48. The van der Waals surface area contributed by atoms with Crippen molar-refractivity contribution in [3.05, 3.63) is 81.2 Å². The lowest BCUT2D eigenvalue weighted by Crippen LogP contribution is -2.18. The fourth-order valence-electron chi connectivity index (χ4n) is 2.04. The second kappa shape index (κ2) is 5.89. The van der Waals surface area contributed by atoms with Crippen LogP contribution >= 0.6 is 11.6 Å². The van der Waals surface area contributed by atoms with Gasteiger partial charge in [0.25, 0.3) is 5.56 Å². The van der Waals surface area contributed by atoms with Gasteiger partial charge in [-0.2, -0.15) is 5.10 Å². The van der Waals surface area contributed by atoms with Crippen molar-refractivity contribution in [3.8, 4) is 11.4 Å². The number of benzene rings is 2. The number of aromatic nitrogens is 3. The predicted octanol–water partition coefficient (Wildman–Crippen LogP) is 3.08. The minimum atomic E-state index is -0.273. The van der Waals surface area contributed by atoms with Crippen LogP contribution in [0.5, 0.6) is 0 Å². The monoisotopic (exact) mass is 297 g/mol. The van der Waals surface area contributed by atoms with Crippen molar-refractivity contribution in [2.45, 2.75) is 6.42 Å². The van der Waals surface area contributed by atoms with Crippen molar-refractivity contribution < 1.29 is 0 Å². The molecule has 0 amide bonds. The van der Waals surface area contributed by atoms with E-state index in [0.29, 0.717) is 23.0 Å². The summed E-state index contributed by atoms with van der Waals surface area (Å²) in [7, 11) is 0. The third kappa shape index (κ3) is 3.17. The lowest BCUT2D eigenvalue weighted by Gasteiger charge is -2.04. The molecule has 0 fully saturated rings. The number of rotatable bonds is 3. The molecular formula is C16H12ClN3O. The van der Waals surface area contributed by atoms with Crippen molar-refractivity contribution in [2.75, 3.05) is 0 Å². The van der Waals surface area contributed by atoms with Crippen LogP contribution in [0.4, 0.5) is 0 Å². The summed E-state index contributed by atoms with van der Waals surface area (Å²) < 4.78 is 0.